The van der Waals surface area contributed by atoms with Crippen molar-refractivity contribution < 1.29 is 4.79 Å². The Kier molecular flexibility index (Phi) is 5.89. The third-order valence-electron chi connectivity index (χ3n) is 4.14. The van der Waals surface area contributed by atoms with Crippen molar-refractivity contribution in [3.63, 3.8) is 0 Å². The Morgan fingerprint density at radius 3 is 2.44 bits per heavy atom. The Bertz CT molecular complexity index is 277. The standard InChI is InChI=1S/C13H25N3O.ClH/c1-13(2)5-3-8-16(13)9-4-12(17)15-10-6-14-7-11-15;/h14H,3-11H2,1-2H3;1H. The molecule has 2 rings (SSSR count). The number of piperazine rings is 1. The van der Waals surface area contributed by atoms with Crippen LogP contribution in [0.5, 0.6) is 0 Å². The average molecular weight is 276 g/mol. The summed E-state index contributed by atoms with van der Waals surface area (Å²) in [6.45, 7) is 10.3. The van der Waals surface area contributed by atoms with Crippen molar-refractivity contribution in [1.82, 2.24) is 15.1 Å². The van der Waals surface area contributed by atoms with Crippen LogP contribution in [-0.4, -0.2) is 60.5 Å². The third-order valence-corrected chi connectivity index (χ3v) is 4.14. The fraction of sp³-hybridized carbons (Fsp3) is 0.923. The molecule has 2 saturated heterocycles. The van der Waals surface area contributed by atoms with E-state index in [0.717, 1.165) is 39.3 Å². The molecule has 0 atom stereocenters. The number of hydrogen-bond acceptors (Lipinski definition) is 3. The number of carbonyl (C=O) groups is 1. The Morgan fingerprint density at radius 2 is 1.89 bits per heavy atom. The number of nitrogens with zero attached hydrogens (tertiary/aromatic N) is 2. The highest BCUT2D eigenvalue weighted by atomic mass is 35.5. The van der Waals surface area contributed by atoms with Crippen LogP contribution in [-0.2, 0) is 4.79 Å². The molecule has 0 aromatic rings. The predicted molar refractivity (Wildman–Crippen MR) is 76.2 cm³/mol. The van der Waals surface area contributed by atoms with Crippen LogP contribution >= 0.6 is 12.4 Å². The van der Waals surface area contributed by atoms with Gasteiger partial charge in [0.2, 0.25) is 5.91 Å². The predicted octanol–water partition coefficient (Wildman–Crippen LogP) is 1.10. The minimum atomic E-state index is 0. The van der Waals surface area contributed by atoms with Gasteiger partial charge in [0.1, 0.15) is 0 Å². The van der Waals surface area contributed by atoms with Gasteiger partial charge >= 0.3 is 0 Å². The highest BCUT2D eigenvalue weighted by molar-refractivity contribution is 5.85. The van der Waals surface area contributed by atoms with E-state index in [9.17, 15) is 4.79 Å². The van der Waals surface area contributed by atoms with Crippen molar-refractivity contribution in [2.45, 2.75) is 38.6 Å². The van der Waals surface area contributed by atoms with Gasteiger partial charge in [-0.3, -0.25) is 9.69 Å². The van der Waals surface area contributed by atoms with E-state index < -0.39 is 0 Å². The molecule has 0 aromatic heterocycles. The third kappa shape index (κ3) is 3.84. The molecular weight excluding hydrogens is 250 g/mol. The molecule has 0 aromatic carbocycles. The van der Waals surface area contributed by atoms with Crippen molar-refractivity contribution in [2.75, 3.05) is 39.3 Å². The van der Waals surface area contributed by atoms with Crippen LogP contribution < -0.4 is 5.32 Å². The van der Waals surface area contributed by atoms with Gasteiger partial charge < -0.3 is 10.2 Å². The second kappa shape index (κ2) is 6.73. The minimum Gasteiger partial charge on any atom is -0.340 e. The van der Waals surface area contributed by atoms with Crippen LogP contribution in [0.15, 0.2) is 0 Å². The summed E-state index contributed by atoms with van der Waals surface area (Å²) in [6.07, 6.45) is 3.22. The van der Waals surface area contributed by atoms with Crippen molar-refractivity contribution in [3.8, 4) is 0 Å². The SMILES string of the molecule is CC1(C)CCCN1CCC(=O)N1CCNCC1.Cl. The molecule has 0 bridgehead atoms. The zero-order valence-electron chi connectivity index (χ0n) is 11.6. The number of rotatable bonds is 3. The zero-order chi connectivity index (χ0) is 12.3. The van der Waals surface area contributed by atoms with Gasteiger partial charge in [-0.05, 0) is 33.2 Å². The second-order valence-corrected chi connectivity index (χ2v) is 5.78. The molecule has 0 saturated carbocycles. The molecule has 2 aliphatic rings. The molecule has 2 fully saturated rings. The van der Waals surface area contributed by atoms with Crippen LogP contribution in [0.4, 0.5) is 0 Å². The van der Waals surface area contributed by atoms with Crippen molar-refractivity contribution >= 4 is 18.3 Å². The van der Waals surface area contributed by atoms with Crippen LogP contribution in [0.25, 0.3) is 0 Å². The molecule has 18 heavy (non-hydrogen) atoms. The van der Waals surface area contributed by atoms with E-state index in [4.69, 9.17) is 0 Å². The van der Waals surface area contributed by atoms with E-state index in [1.54, 1.807) is 0 Å². The second-order valence-electron chi connectivity index (χ2n) is 5.78. The molecule has 106 valence electrons. The first-order chi connectivity index (χ1) is 8.09. The molecule has 0 radical (unpaired) electrons. The normalized spacial score (nSPS) is 23.8. The van der Waals surface area contributed by atoms with Gasteiger partial charge in [0.25, 0.3) is 0 Å². The van der Waals surface area contributed by atoms with Crippen LogP contribution in [0.3, 0.4) is 0 Å². The van der Waals surface area contributed by atoms with Crippen LogP contribution in [0.2, 0.25) is 0 Å². The Balaban J connectivity index is 0.00000162. The van der Waals surface area contributed by atoms with Gasteiger partial charge in [0.15, 0.2) is 0 Å². The molecule has 0 unspecified atom stereocenters. The van der Waals surface area contributed by atoms with E-state index in [2.05, 4.69) is 24.1 Å². The highest BCUT2D eigenvalue weighted by Crippen LogP contribution is 2.27. The van der Waals surface area contributed by atoms with Gasteiger partial charge in [-0.2, -0.15) is 0 Å². The number of likely N-dealkylation sites (tertiary alicyclic amines) is 1. The summed E-state index contributed by atoms with van der Waals surface area (Å²) in [4.78, 5) is 16.5. The largest absolute Gasteiger partial charge is 0.340 e. The maximum atomic E-state index is 12.0. The molecule has 1 N–H and O–H groups in total. The average Bonchev–Trinajstić information content (AvgIpc) is 2.66. The number of carbonyl (C=O) groups excluding carboxylic acids is 1. The van der Waals surface area contributed by atoms with E-state index >= 15 is 0 Å². The van der Waals surface area contributed by atoms with Crippen molar-refractivity contribution in [1.29, 1.82) is 0 Å². The lowest BCUT2D eigenvalue weighted by molar-refractivity contribution is -0.132. The molecule has 0 spiro atoms. The summed E-state index contributed by atoms with van der Waals surface area (Å²) >= 11 is 0. The van der Waals surface area contributed by atoms with Gasteiger partial charge in [-0.25, -0.2) is 0 Å². The van der Waals surface area contributed by atoms with E-state index in [-0.39, 0.29) is 12.4 Å². The van der Waals surface area contributed by atoms with E-state index in [1.807, 2.05) is 4.90 Å². The Labute approximate surface area is 116 Å². The first kappa shape index (κ1) is 15.7. The zero-order valence-corrected chi connectivity index (χ0v) is 12.4. The summed E-state index contributed by atoms with van der Waals surface area (Å²) in [6, 6.07) is 0. The summed E-state index contributed by atoms with van der Waals surface area (Å²) < 4.78 is 0. The van der Waals surface area contributed by atoms with E-state index in [0.29, 0.717) is 17.9 Å². The lowest BCUT2D eigenvalue weighted by Crippen LogP contribution is -2.47. The van der Waals surface area contributed by atoms with Crippen molar-refractivity contribution in [3.05, 3.63) is 0 Å². The Morgan fingerprint density at radius 1 is 1.22 bits per heavy atom. The number of nitrogens with one attached hydrogen (secondary N) is 1. The molecule has 1 amide bonds. The summed E-state index contributed by atoms with van der Waals surface area (Å²) in [5.74, 6) is 0.328. The van der Waals surface area contributed by atoms with Crippen LogP contribution in [0, 0.1) is 0 Å². The smallest absolute Gasteiger partial charge is 0.223 e. The summed E-state index contributed by atoms with van der Waals surface area (Å²) in [5.41, 5.74) is 0.295. The van der Waals surface area contributed by atoms with Crippen LogP contribution in [0.1, 0.15) is 33.1 Å². The number of hydrogen-bond donors (Lipinski definition) is 1. The van der Waals surface area contributed by atoms with Gasteiger partial charge in [-0.1, -0.05) is 0 Å². The highest BCUT2D eigenvalue weighted by Gasteiger charge is 2.31. The number of halogens is 1. The van der Waals surface area contributed by atoms with Gasteiger partial charge in [0, 0.05) is 44.7 Å². The molecule has 5 heteroatoms. The fourth-order valence-electron chi connectivity index (χ4n) is 2.88. The topological polar surface area (TPSA) is 35.6 Å². The molecular formula is C13H26ClN3O. The first-order valence-electron chi connectivity index (χ1n) is 6.83. The van der Waals surface area contributed by atoms with E-state index in [1.165, 1.54) is 12.8 Å². The van der Waals surface area contributed by atoms with Gasteiger partial charge in [0.05, 0.1) is 0 Å². The van der Waals surface area contributed by atoms with Crippen molar-refractivity contribution in [2.24, 2.45) is 0 Å². The first-order valence-corrected chi connectivity index (χ1v) is 6.83. The molecule has 0 aliphatic carbocycles. The summed E-state index contributed by atoms with van der Waals surface area (Å²) in [7, 11) is 0. The molecule has 2 aliphatic heterocycles. The molecule has 4 nitrogen and oxygen atoms in total. The quantitative estimate of drug-likeness (QED) is 0.838. The number of amides is 1. The lowest BCUT2D eigenvalue weighted by Gasteiger charge is -2.33. The minimum absolute atomic E-state index is 0. The Hall–Kier alpha value is -0.320. The van der Waals surface area contributed by atoms with Gasteiger partial charge in [-0.15, -0.1) is 12.4 Å². The molecule has 2 heterocycles. The fourth-order valence-corrected chi connectivity index (χ4v) is 2.88. The maximum absolute atomic E-state index is 12.0. The maximum Gasteiger partial charge on any atom is 0.223 e. The lowest BCUT2D eigenvalue weighted by atomic mass is 10.0. The summed E-state index contributed by atoms with van der Waals surface area (Å²) in [5, 5.41) is 3.28. The monoisotopic (exact) mass is 275 g/mol.